The molecule has 0 aliphatic carbocycles. The second-order valence-corrected chi connectivity index (χ2v) is 2.68. The van der Waals surface area contributed by atoms with Gasteiger partial charge in [0.05, 0.1) is 17.6 Å². The van der Waals surface area contributed by atoms with Crippen molar-refractivity contribution in [2.45, 2.75) is 6.92 Å². The molecular formula is C8H9N5. The first-order valence-corrected chi connectivity index (χ1v) is 3.87. The molecule has 66 valence electrons. The van der Waals surface area contributed by atoms with Crippen LogP contribution in [-0.4, -0.2) is 20.0 Å². The topological polar surface area (TPSA) is 69.6 Å². The van der Waals surface area contributed by atoms with Crippen molar-refractivity contribution in [2.75, 3.05) is 5.73 Å². The summed E-state index contributed by atoms with van der Waals surface area (Å²) in [6.45, 7) is 1.89. The van der Waals surface area contributed by atoms with Crippen molar-refractivity contribution in [1.29, 1.82) is 0 Å². The molecule has 2 N–H and O–H groups in total. The van der Waals surface area contributed by atoms with Crippen molar-refractivity contribution in [3.8, 4) is 5.82 Å². The molecule has 0 aliphatic heterocycles. The lowest BCUT2D eigenvalue weighted by atomic mass is 10.4. The van der Waals surface area contributed by atoms with E-state index in [2.05, 4.69) is 15.3 Å². The first kappa shape index (κ1) is 7.72. The summed E-state index contributed by atoms with van der Waals surface area (Å²) in [5.74, 6) is 0.678. The maximum absolute atomic E-state index is 5.65. The predicted molar refractivity (Wildman–Crippen MR) is 48.3 cm³/mol. The molecule has 0 bridgehead atoms. The second-order valence-electron chi connectivity index (χ2n) is 2.68. The summed E-state index contributed by atoms with van der Waals surface area (Å²) >= 11 is 0. The van der Waals surface area contributed by atoms with E-state index in [1.165, 1.54) is 0 Å². The zero-order valence-corrected chi connectivity index (χ0v) is 7.18. The fourth-order valence-corrected chi connectivity index (χ4v) is 1.06. The Balaban J connectivity index is 2.53. The molecule has 0 aromatic carbocycles. The molecule has 5 nitrogen and oxygen atoms in total. The van der Waals surface area contributed by atoms with Gasteiger partial charge in [0.25, 0.3) is 0 Å². The molecular weight excluding hydrogens is 166 g/mol. The van der Waals surface area contributed by atoms with Gasteiger partial charge in [-0.1, -0.05) is 0 Å². The van der Waals surface area contributed by atoms with Gasteiger partial charge < -0.3 is 5.73 Å². The maximum atomic E-state index is 5.65. The normalized spacial score (nSPS) is 10.2. The number of rotatable bonds is 1. The number of nitrogens with zero attached hydrogens (tertiary/aromatic N) is 4. The van der Waals surface area contributed by atoms with Gasteiger partial charge in [-0.3, -0.25) is 0 Å². The molecule has 2 aromatic heterocycles. The minimum absolute atomic E-state index is 0.658. The Morgan fingerprint density at radius 2 is 2.31 bits per heavy atom. The lowest BCUT2D eigenvalue weighted by molar-refractivity contribution is 0.791. The van der Waals surface area contributed by atoms with E-state index in [0.29, 0.717) is 11.5 Å². The van der Waals surface area contributed by atoms with Crippen molar-refractivity contribution < 1.29 is 0 Å². The highest BCUT2D eigenvalue weighted by Crippen LogP contribution is 2.12. The molecule has 0 atom stereocenters. The Morgan fingerprint density at radius 3 is 2.85 bits per heavy atom. The van der Waals surface area contributed by atoms with Gasteiger partial charge in [-0.15, -0.1) is 5.10 Å². The SMILES string of the molecule is Cc1c(N)cnn1-c1cccnn1. The Bertz CT molecular complexity index is 406. The van der Waals surface area contributed by atoms with Gasteiger partial charge in [-0.05, 0) is 19.1 Å². The molecule has 5 heteroatoms. The summed E-state index contributed by atoms with van der Waals surface area (Å²) in [6.07, 6.45) is 3.22. The van der Waals surface area contributed by atoms with E-state index in [1.807, 2.05) is 13.0 Å². The quantitative estimate of drug-likeness (QED) is 0.687. The number of hydrogen-bond donors (Lipinski definition) is 1. The zero-order chi connectivity index (χ0) is 9.26. The molecule has 0 amide bonds. The van der Waals surface area contributed by atoms with Crippen molar-refractivity contribution in [2.24, 2.45) is 0 Å². The van der Waals surface area contributed by atoms with Crippen LogP contribution >= 0.6 is 0 Å². The average molecular weight is 175 g/mol. The van der Waals surface area contributed by atoms with Crippen molar-refractivity contribution >= 4 is 5.69 Å². The maximum Gasteiger partial charge on any atom is 0.175 e. The van der Waals surface area contributed by atoms with Gasteiger partial charge in [-0.25, -0.2) is 4.68 Å². The summed E-state index contributed by atoms with van der Waals surface area (Å²) < 4.78 is 1.66. The van der Waals surface area contributed by atoms with Gasteiger partial charge in [0.15, 0.2) is 5.82 Å². The minimum atomic E-state index is 0.658. The third-order valence-corrected chi connectivity index (χ3v) is 1.82. The van der Waals surface area contributed by atoms with Gasteiger partial charge in [0, 0.05) is 6.20 Å². The lowest BCUT2D eigenvalue weighted by Crippen LogP contribution is -2.02. The largest absolute Gasteiger partial charge is 0.396 e. The monoisotopic (exact) mass is 175 g/mol. The fraction of sp³-hybridized carbons (Fsp3) is 0.125. The van der Waals surface area contributed by atoms with Crippen LogP contribution in [0.15, 0.2) is 24.5 Å². The number of nitrogens with two attached hydrogens (primary N) is 1. The van der Waals surface area contributed by atoms with Crippen LogP contribution in [0.1, 0.15) is 5.69 Å². The third kappa shape index (κ3) is 1.24. The number of aromatic nitrogens is 4. The average Bonchev–Trinajstić information content (AvgIpc) is 2.49. The molecule has 0 aliphatic rings. The standard InChI is InChI=1S/C8H9N5/c1-6-7(9)5-11-13(6)8-3-2-4-10-12-8/h2-5H,9H2,1H3. The van der Waals surface area contributed by atoms with E-state index in [4.69, 9.17) is 5.73 Å². The molecule has 0 spiro atoms. The van der Waals surface area contributed by atoms with Gasteiger partial charge >= 0.3 is 0 Å². The molecule has 0 fully saturated rings. The fourth-order valence-electron chi connectivity index (χ4n) is 1.06. The highest BCUT2D eigenvalue weighted by Gasteiger charge is 2.05. The van der Waals surface area contributed by atoms with Gasteiger partial charge in [-0.2, -0.15) is 10.2 Å². The zero-order valence-electron chi connectivity index (χ0n) is 7.18. The number of hydrogen-bond acceptors (Lipinski definition) is 4. The van der Waals surface area contributed by atoms with E-state index in [0.717, 1.165) is 5.69 Å². The predicted octanol–water partition coefficient (Wildman–Crippen LogP) is 0.553. The van der Waals surface area contributed by atoms with E-state index < -0.39 is 0 Å². The van der Waals surface area contributed by atoms with Crippen LogP contribution in [0.3, 0.4) is 0 Å². The molecule has 0 unspecified atom stereocenters. The summed E-state index contributed by atoms with van der Waals surface area (Å²) in [6, 6.07) is 3.63. The first-order chi connectivity index (χ1) is 6.29. The molecule has 2 rings (SSSR count). The van der Waals surface area contributed by atoms with Gasteiger partial charge in [0.2, 0.25) is 0 Å². The Hall–Kier alpha value is -1.91. The Kier molecular flexibility index (Phi) is 1.70. The molecule has 0 saturated heterocycles. The third-order valence-electron chi connectivity index (χ3n) is 1.82. The minimum Gasteiger partial charge on any atom is -0.396 e. The summed E-state index contributed by atoms with van der Waals surface area (Å²) in [5.41, 5.74) is 7.18. The number of anilines is 1. The van der Waals surface area contributed by atoms with E-state index in [1.54, 1.807) is 23.1 Å². The van der Waals surface area contributed by atoms with Crippen LogP contribution in [0.5, 0.6) is 0 Å². The van der Waals surface area contributed by atoms with Crippen LogP contribution in [0.25, 0.3) is 5.82 Å². The Morgan fingerprint density at radius 1 is 1.46 bits per heavy atom. The highest BCUT2D eigenvalue weighted by atomic mass is 15.3. The van der Waals surface area contributed by atoms with E-state index >= 15 is 0 Å². The Labute approximate surface area is 75.2 Å². The van der Waals surface area contributed by atoms with Crippen LogP contribution in [-0.2, 0) is 0 Å². The molecule has 13 heavy (non-hydrogen) atoms. The van der Waals surface area contributed by atoms with Crippen LogP contribution in [0.2, 0.25) is 0 Å². The van der Waals surface area contributed by atoms with E-state index in [9.17, 15) is 0 Å². The highest BCUT2D eigenvalue weighted by molar-refractivity contribution is 5.42. The summed E-state index contributed by atoms with van der Waals surface area (Å²) in [4.78, 5) is 0. The van der Waals surface area contributed by atoms with Crippen molar-refractivity contribution in [3.63, 3.8) is 0 Å². The molecule has 0 saturated carbocycles. The molecule has 0 radical (unpaired) electrons. The molecule has 2 aromatic rings. The van der Waals surface area contributed by atoms with Crippen molar-refractivity contribution in [3.05, 3.63) is 30.2 Å². The lowest BCUT2D eigenvalue weighted by Gasteiger charge is -2.00. The van der Waals surface area contributed by atoms with Crippen molar-refractivity contribution in [1.82, 2.24) is 20.0 Å². The van der Waals surface area contributed by atoms with E-state index in [-0.39, 0.29) is 0 Å². The summed E-state index contributed by atoms with van der Waals surface area (Å²) in [5, 5.41) is 11.8. The molecule has 2 heterocycles. The first-order valence-electron chi connectivity index (χ1n) is 3.87. The van der Waals surface area contributed by atoms with Crippen LogP contribution < -0.4 is 5.73 Å². The summed E-state index contributed by atoms with van der Waals surface area (Å²) in [7, 11) is 0. The van der Waals surface area contributed by atoms with Crippen LogP contribution in [0, 0.1) is 6.92 Å². The van der Waals surface area contributed by atoms with Crippen LogP contribution in [0.4, 0.5) is 5.69 Å². The second kappa shape index (κ2) is 2.85. The van der Waals surface area contributed by atoms with Gasteiger partial charge in [0.1, 0.15) is 0 Å². The smallest absolute Gasteiger partial charge is 0.175 e. The number of nitrogen functional groups attached to an aromatic ring is 1.